The van der Waals surface area contributed by atoms with E-state index in [0.29, 0.717) is 5.69 Å². The van der Waals surface area contributed by atoms with Gasteiger partial charge >= 0.3 is 6.18 Å². The van der Waals surface area contributed by atoms with Crippen LogP contribution < -0.4 is 5.32 Å². The van der Waals surface area contributed by atoms with Gasteiger partial charge in [0.05, 0.1) is 33.9 Å². The Labute approximate surface area is 145 Å². The van der Waals surface area contributed by atoms with Gasteiger partial charge in [-0.05, 0) is 30.3 Å². The van der Waals surface area contributed by atoms with E-state index in [9.17, 15) is 18.0 Å². The normalized spacial score (nSPS) is 11.4. The van der Waals surface area contributed by atoms with Crippen LogP contribution in [0.1, 0.15) is 15.9 Å². The van der Waals surface area contributed by atoms with Crippen LogP contribution >= 0.6 is 11.6 Å². The fourth-order valence-electron chi connectivity index (χ4n) is 2.27. The van der Waals surface area contributed by atoms with Gasteiger partial charge in [0.15, 0.2) is 0 Å². The molecule has 0 fully saturated rings. The molecule has 0 spiro atoms. The van der Waals surface area contributed by atoms with E-state index in [1.165, 1.54) is 35.3 Å². The first kappa shape index (κ1) is 17.0. The van der Waals surface area contributed by atoms with Crippen molar-refractivity contribution < 1.29 is 18.0 Å². The lowest BCUT2D eigenvalue weighted by Crippen LogP contribution is -2.15. The van der Waals surface area contributed by atoms with E-state index in [2.05, 4.69) is 10.3 Å². The van der Waals surface area contributed by atoms with Crippen molar-refractivity contribution in [1.29, 1.82) is 0 Å². The number of alkyl halides is 3. The monoisotopic (exact) mass is 365 g/mol. The van der Waals surface area contributed by atoms with E-state index < -0.39 is 17.6 Å². The molecule has 0 saturated carbocycles. The van der Waals surface area contributed by atoms with Gasteiger partial charge in [-0.3, -0.25) is 4.79 Å². The first-order valence-corrected chi connectivity index (χ1v) is 7.49. The third kappa shape index (κ3) is 3.66. The molecular weight excluding hydrogens is 355 g/mol. The van der Waals surface area contributed by atoms with E-state index in [4.69, 9.17) is 11.6 Å². The third-order valence-corrected chi connectivity index (χ3v) is 3.80. The Kier molecular flexibility index (Phi) is 4.50. The number of imidazole rings is 1. The van der Waals surface area contributed by atoms with Gasteiger partial charge in [0, 0.05) is 12.4 Å². The molecule has 0 aliphatic rings. The van der Waals surface area contributed by atoms with Crippen molar-refractivity contribution in [3.05, 3.63) is 77.3 Å². The zero-order valence-electron chi connectivity index (χ0n) is 12.6. The number of rotatable bonds is 3. The molecule has 1 amide bonds. The second-order valence-corrected chi connectivity index (χ2v) is 5.54. The maximum Gasteiger partial charge on any atom is 0.416 e. The number of nitrogens with one attached hydrogen (secondary N) is 1. The SMILES string of the molecule is O=C(Nc1cc(C(F)(F)F)ccc1-n1ccnc1)c1ccccc1Cl. The molecule has 1 heterocycles. The second kappa shape index (κ2) is 6.60. The van der Waals surface area contributed by atoms with Gasteiger partial charge in [-0.2, -0.15) is 13.2 Å². The predicted molar refractivity (Wildman–Crippen MR) is 88.0 cm³/mol. The Bertz CT molecular complexity index is 908. The molecule has 25 heavy (non-hydrogen) atoms. The number of anilines is 1. The average molecular weight is 366 g/mol. The highest BCUT2D eigenvalue weighted by molar-refractivity contribution is 6.34. The Balaban J connectivity index is 2.03. The van der Waals surface area contributed by atoms with E-state index in [-0.39, 0.29) is 16.3 Å². The molecule has 128 valence electrons. The quantitative estimate of drug-likeness (QED) is 0.725. The fourth-order valence-corrected chi connectivity index (χ4v) is 2.50. The Hall–Kier alpha value is -2.80. The summed E-state index contributed by atoms with van der Waals surface area (Å²) >= 11 is 5.97. The summed E-state index contributed by atoms with van der Waals surface area (Å²) in [5, 5.41) is 2.70. The molecule has 3 aromatic rings. The third-order valence-electron chi connectivity index (χ3n) is 3.47. The molecular formula is C17H11ClF3N3O. The second-order valence-electron chi connectivity index (χ2n) is 5.13. The summed E-state index contributed by atoms with van der Waals surface area (Å²) in [4.78, 5) is 16.3. The summed E-state index contributed by atoms with van der Waals surface area (Å²) in [5.41, 5.74) is -0.354. The topological polar surface area (TPSA) is 46.9 Å². The van der Waals surface area contributed by atoms with Gasteiger partial charge in [0.25, 0.3) is 5.91 Å². The van der Waals surface area contributed by atoms with Crippen LogP contribution in [0.15, 0.2) is 61.2 Å². The standard InChI is InChI=1S/C17H11ClF3N3O/c18-13-4-2-1-3-12(13)16(25)23-14-9-11(17(19,20)21)5-6-15(14)24-8-7-22-10-24/h1-10H,(H,23,25). The molecule has 2 aromatic carbocycles. The minimum atomic E-state index is -4.53. The Morgan fingerprint density at radius 3 is 2.56 bits per heavy atom. The van der Waals surface area contributed by atoms with Gasteiger partial charge in [0.2, 0.25) is 0 Å². The van der Waals surface area contributed by atoms with Gasteiger partial charge < -0.3 is 9.88 Å². The molecule has 0 saturated heterocycles. The van der Waals surface area contributed by atoms with E-state index in [1.54, 1.807) is 18.3 Å². The maximum absolute atomic E-state index is 13.0. The van der Waals surface area contributed by atoms with Gasteiger partial charge in [-0.1, -0.05) is 23.7 Å². The molecule has 4 nitrogen and oxygen atoms in total. The van der Waals surface area contributed by atoms with Crippen LogP contribution in [0, 0.1) is 0 Å². The average Bonchev–Trinajstić information content (AvgIpc) is 3.08. The summed E-state index contributed by atoms with van der Waals surface area (Å²) in [6.07, 6.45) is -0.0594. The fraction of sp³-hybridized carbons (Fsp3) is 0.0588. The number of hydrogen-bond acceptors (Lipinski definition) is 2. The van der Waals surface area contributed by atoms with E-state index in [0.717, 1.165) is 12.1 Å². The smallest absolute Gasteiger partial charge is 0.320 e. The first-order valence-electron chi connectivity index (χ1n) is 7.12. The largest absolute Gasteiger partial charge is 0.416 e. The van der Waals surface area contributed by atoms with Crippen LogP contribution in [0.25, 0.3) is 5.69 Å². The predicted octanol–water partition coefficient (Wildman–Crippen LogP) is 4.80. The number of halogens is 4. The summed E-state index contributed by atoms with van der Waals surface area (Å²) in [7, 11) is 0. The molecule has 0 unspecified atom stereocenters. The number of nitrogens with zero attached hydrogens (tertiary/aromatic N) is 2. The summed E-state index contributed by atoms with van der Waals surface area (Å²) in [6, 6.07) is 9.38. The molecule has 0 radical (unpaired) electrons. The van der Waals surface area contributed by atoms with Crippen molar-refractivity contribution in [2.75, 3.05) is 5.32 Å². The molecule has 8 heteroatoms. The Morgan fingerprint density at radius 1 is 1.16 bits per heavy atom. The van der Waals surface area contributed by atoms with E-state index >= 15 is 0 Å². The number of benzene rings is 2. The van der Waals surface area contributed by atoms with Crippen molar-refractivity contribution in [2.45, 2.75) is 6.18 Å². The summed E-state index contributed by atoms with van der Waals surface area (Å²) in [5.74, 6) is -0.605. The maximum atomic E-state index is 13.0. The number of carbonyl (C=O) groups excluding carboxylic acids is 1. The van der Waals surface area contributed by atoms with Gasteiger partial charge in [0.1, 0.15) is 0 Å². The molecule has 1 aromatic heterocycles. The number of hydrogen-bond donors (Lipinski definition) is 1. The van der Waals surface area contributed by atoms with Gasteiger partial charge in [-0.15, -0.1) is 0 Å². The molecule has 0 aliphatic heterocycles. The lowest BCUT2D eigenvalue weighted by Gasteiger charge is -2.15. The molecule has 1 N–H and O–H groups in total. The minimum absolute atomic E-state index is 0.00209. The van der Waals surface area contributed by atoms with Gasteiger partial charge in [-0.25, -0.2) is 4.98 Å². The van der Waals surface area contributed by atoms with Crippen LogP contribution in [0.5, 0.6) is 0 Å². The highest BCUT2D eigenvalue weighted by atomic mass is 35.5. The van der Waals surface area contributed by atoms with E-state index in [1.807, 2.05) is 0 Å². The van der Waals surface area contributed by atoms with Crippen LogP contribution in [0.2, 0.25) is 5.02 Å². The lowest BCUT2D eigenvalue weighted by molar-refractivity contribution is -0.137. The minimum Gasteiger partial charge on any atom is -0.320 e. The van der Waals surface area contributed by atoms with Crippen LogP contribution in [-0.4, -0.2) is 15.5 Å². The number of amides is 1. The number of aromatic nitrogens is 2. The van der Waals surface area contributed by atoms with Crippen LogP contribution in [0.3, 0.4) is 0 Å². The lowest BCUT2D eigenvalue weighted by atomic mass is 10.1. The van der Waals surface area contributed by atoms with Crippen molar-refractivity contribution >= 4 is 23.2 Å². The highest BCUT2D eigenvalue weighted by Crippen LogP contribution is 2.33. The molecule has 0 bridgehead atoms. The Morgan fingerprint density at radius 2 is 1.92 bits per heavy atom. The van der Waals surface area contributed by atoms with Crippen molar-refractivity contribution in [1.82, 2.24) is 9.55 Å². The zero-order chi connectivity index (χ0) is 18.0. The van der Waals surface area contributed by atoms with Crippen LogP contribution in [0.4, 0.5) is 18.9 Å². The van der Waals surface area contributed by atoms with Crippen molar-refractivity contribution in [3.8, 4) is 5.69 Å². The summed E-state index contributed by atoms with van der Waals surface area (Å²) < 4.78 is 40.5. The molecule has 3 rings (SSSR count). The zero-order valence-corrected chi connectivity index (χ0v) is 13.3. The molecule has 0 aliphatic carbocycles. The van der Waals surface area contributed by atoms with Crippen molar-refractivity contribution in [3.63, 3.8) is 0 Å². The number of carbonyl (C=O) groups is 1. The molecule has 0 atom stereocenters. The summed E-state index contributed by atoms with van der Waals surface area (Å²) in [6.45, 7) is 0. The van der Waals surface area contributed by atoms with Crippen LogP contribution in [-0.2, 0) is 6.18 Å². The highest BCUT2D eigenvalue weighted by Gasteiger charge is 2.31. The van der Waals surface area contributed by atoms with Crippen molar-refractivity contribution in [2.24, 2.45) is 0 Å². The first-order chi connectivity index (χ1) is 11.9.